The summed E-state index contributed by atoms with van der Waals surface area (Å²) >= 11 is 9.22. The van der Waals surface area contributed by atoms with E-state index in [4.69, 9.17) is 11.6 Å². The average Bonchev–Trinajstić information content (AvgIpc) is 2.76. The zero-order chi connectivity index (χ0) is 9.54. The summed E-state index contributed by atoms with van der Waals surface area (Å²) in [7, 11) is 0. The molecule has 0 radical (unpaired) electrons. The van der Waals surface area contributed by atoms with Crippen molar-refractivity contribution in [1.82, 2.24) is 4.98 Å². The Hall–Kier alpha value is -0.380. The van der Waals surface area contributed by atoms with Crippen molar-refractivity contribution in [2.45, 2.75) is 18.8 Å². The van der Waals surface area contributed by atoms with Crippen LogP contribution in [0.25, 0.3) is 11.3 Å². The zero-order valence-corrected chi connectivity index (χ0v) is 9.75. The van der Waals surface area contributed by atoms with Crippen molar-refractivity contribution in [3.05, 3.63) is 26.2 Å². The fourth-order valence-corrected chi connectivity index (χ4v) is 3.26. The van der Waals surface area contributed by atoms with Crippen molar-refractivity contribution < 1.29 is 0 Å². The predicted molar refractivity (Wildman–Crippen MR) is 62.4 cm³/mol. The van der Waals surface area contributed by atoms with Crippen molar-refractivity contribution in [2.75, 3.05) is 0 Å². The van der Waals surface area contributed by atoms with Gasteiger partial charge in [0.1, 0.15) is 0 Å². The van der Waals surface area contributed by atoms with E-state index >= 15 is 0 Å². The highest BCUT2D eigenvalue weighted by Crippen LogP contribution is 2.42. The van der Waals surface area contributed by atoms with Gasteiger partial charge in [0.25, 0.3) is 0 Å². The first-order chi connectivity index (χ1) is 6.83. The minimum absolute atomic E-state index is 0.753. The number of rotatable bonds is 2. The normalized spacial score (nSPS) is 16.1. The van der Waals surface area contributed by atoms with E-state index in [1.165, 1.54) is 17.8 Å². The second-order valence-corrected chi connectivity index (χ2v) is 5.92. The molecule has 1 saturated carbocycles. The largest absolute Gasteiger partial charge is 0.241 e. The number of hydrogen-bond acceptors (Lipinski definition) is 3. The van der Waals surface area contributed by atoms with Crippen molar-refractivity contribution in [3.8, 4) is 11.3 Å². The van der Waals surface area contributed by atoms with Crippen molar-refractivity contribution in [2.24, 2.45) is 0 Å². The molecule has 4 heteroatoms. The Morgan fingerprint density at radius 3 is 2.79 bits per heavy atom. The fraction of sp³-hybridized carbons (Fsp3) is 0.300. The summed E-state index contributed by atoms with van der Waals surface area (Å²) in [5, 5.41) is 5.49. The summed E-state index contributed by atoms with van der Waals surface area (Å²) in [6.45, 7) is 0. The van der Waals surface area contributed by atoms with Crippen LogP contribution in [0, 0.1) is 0 Å². The maximum Gasteiger partial charge on any atom is 0.0963 e. The van der Waals surface area contributed by atoms with Gasteiger partial charge in [0.2, 0.25) is 0 Å². The lowest BCUT2D eigenvalue weighted by atomic mass is 10.3. The topological polar surface area (TPSA) is 12.9 Å². The number of thiazole rings is 1. The summed E-state index contributed by atoms with van der Waals surface area (Å²) < 4.78 is 0.834. The lowest BCUT2D eigenvalue weighted by Gasteiger charge is -1.88. The Balaban J connectivity index is 1.95. The van der Waals surface area contributed by atoms with Crippen LogP contribution in [0.4, 0.5) is 0 Å². The molecule has 0 spiro atoms. The van der Waals surface area contributed by atoms with Gasteiger partial charge < -0.3 is 0 Å². The molecule has 0 atom stereocenters. The molecule has 0 unspecified atom stereocenters. The van der Waals surface area contributed by atoms with Gasteiger partial charge in [-0.3, -0.25) is 0 Å². The highest BCUT2D eigenvalue weighted by atomic mass is 35.5. The van der Waals surface area contributed by atoms with Crippen LogP contribution in [0.1, 0.15) is 23.8 Å². The molecule has 0 amide bonds. The van der Waals surface area contributed by atoms with Gasteiger partial charge in [-0.15, -0.1) is 22.7 Å². The molecule has 2 heterocycles. The molecule has 0 bridgehead atoms. The number of nitrogens with zero attached hydrogens (tertiary/aromatic N) is 1. The molecule has 0 aliphatic heterocycles. The average molecular weight is 242 g/mol. The van der Waals surface area contributed by atoms with Gasteiger partial charge in [-0.2, -0.15) is 0 Å². The van der Waals surface area contributed by atoms with E-state index < -0.39 is 0 Å². The number of thiophene rings is 1. The second-order valence-electron chi connectivity index (χ2n) is 3.48. The number of aromatic nitrogens is 1. The molecular weight excluding hydrogens is 234 g/mol. The molecular formula is C10H8ClNS2. The molecule has 3 rings (SSSR count). The Bertz CT molecular complexity index is 456. The first kappa shape index (κ1) is 8.89. The van der Waals surface area contributed by atoms with Crippen molar-refractivity contribution in [3.63, 3.8) is 0 Å². The highest BCUT2D eigenvalue weighted by Gasteiger charge is 2.26. The molecule has 0 aromatic carbocycles. The molecule has 72 valence electrons. The van der Waals surface area contributed by atoms with Crippen LogP contribution in [0.2, 0.25) is 4.34 Å². The van der Waals surface area contributed by atoms with Gasteiger partial charge in [-0.05, 0) is 18.9 Å². The third kappa shape index (κ3) is 1.60. The molecule has 2 aromatic rings. The minimum Gasteiger partial charge on any atom is -0.241 e. The van der Waals surface area contributed by atoms with Crippen LogP contribution in [0.5, 0.6) is 0 Å². The molecule has 1 aliphatic carbocycles. The van der Waals surface area contributed by atoms with Gasteiger partial charge in [0.05, 0.1) is 15.0 Å². The van der Waals surface area contributed by atoms with Crippen LogP contribution >= 0.6 is 34.3 Å². The maximum absolute atomic E-state index is 5.89. The van der Waals surface area contributed by atoms with Crippen molar-refractivity contribution >= 4 is 34.3 Å². The zero-order valence-electron chi connectivity index (χ0n) is 7.37. The monoisotopic (exact) mass is 241 g/mol. The number of halogens is 1. The fourth-order valence-electron chi connectivity index (χ4n) is 1.38. The molecule has 2 aromatic heterocycles. The summed E-state index contributed by atoms with van der Waals surface area (Å²) in [6, 6.07) is 1.98. The van der Waals surface area contributed by atoms with Gasteiger partial charge >= 0.3 is 0 Å². The van der Waals surface area contributed by atoms with E-state index in [2.05, 4.69) is 15.7 Å². The maximum atomic E-state index is 5.89. The van der Waals surface area contributed by atoms with Crippen LogP contribution < -0.4 is 0 Å². The van der Waals surface area contributed by atoms with Gasteiger partial charge in [0, 0.05) is 22.2 Å². The standard InChI is InChI=1S/C10H8ClNS2/c11-9-3-7(4-13-9)8-5-14-10(12-8)6-1-2-6/h3-6H,1-2H2. The van der Waals surface area contributed by atoms with E-state index in [9.17, 15) is 0 Å². The van der Waals surface area contributed by atoms with Crippen LogP contribution in [0.15, 0.2) is 16.8 Å². The predicted octanol–water partition coefficient (Wildman–Crippen LogP) is 4.40. The van der Waals surface area contributed by atoms with Crippen LogP contribution in [-0.2, 0) is 0 Å². The Morgan fingerprint density at radius 1 is 1.29 bits per heavy atom. The Morgan fingerprint density at radius 2 is 2.14 bits per heavy atom. The molecule has 1 aliphatic rings. The van der Waals surface area contributed by atoms with Crippen LogP contribution in [-0.4, -0.2) is 4.98 Å². The van der Waals surface area contributed by atoms with E-state index in [-0.39, 0.29) is 0 Å². The third-order valence-corrected chi connectivity index (χ3v) is 4.41. The van der Waals surface area contributed by atoms with Crippen LogP contribution in [0.3, 0.4) is 0 Å². The number of hydrogen-bond donors (Lipinski definition) is 0. The molecule has 1 fully saturated rings. The summed E-state index contributed by atoms with van der Waals surface area (Å²) in [4.78, 5) is 4.62. The molecule has 1 nitrogen and oxygen atoms in total. The Kier molecular flexibility index (Phi) is 2.11. The first-order valence-electron chi connectivity index (χ1n) is 4.53. The smallest absolute Gasteiger partial charge is 0.0963 e. The van der Waals surface area contributed by atoms with E-state index in [0.717, 1.165) is 21.5 Å². The van der Waals surface area contributed by atoms with Gasteiger partial charge in [-0.25, -0.2) is 4.98 Å². The lowest BCUT2D eigenvalue weighted by molar-refractivity contribution is 1.09. The minimum atomic E-state index is 0.753. The quantitative estimate of drug-likeness (QED) is 0.759. The highest BCUT2D eigenvalue weighted by molar-refractivity contribution is 7.14. The second kappa shape index (κ2) is 3.33. The van der Waals surface area contributed by atoms with E-state index in [1.54, 1.807) is 22.7 Å². The van der Waals surface area contributed by atoms with Crippen molar-refractivity contribution in [1.29, 1.82) is 0 Å². The Labute approximate surface area is 95.4 Å². The van der Waals surface area contributed by atoms with E-state index in [0.29, 0.717) is 0 Å². The molecule has 0 N–H and O–H groups in total. The first-order valence-corrected chi connectivity index (χ1v) is 6.66. The third-order valence-electron chi connectivity index (χ3n) is 2.31. The summed E-state index contributed by atoms with van der Waals surface area (Å²) in [6.07, 6.45) is 2.63. The van der Waals surface area contributed by atoms with Gasteiger partial charge in [0.15, 0.2) is 0 Å². The summed E-state index contributed by atoms with van der Waals surface area (Å²) in [5.74, 6) is 0.753. The van der Waals surface area contributed by atoms with Gasteiger partial charge in [-0.1, -0.05) is 11.6 Å². The molecule has 0 saturated heterocycles. The van der Waals surface area contributed by atoms with E-state index in [1.807, 2.05) is 6.07 Å². The lowest BCUT2D eigenvalue weighted by Crippen LogP contribution is -1.77. The molecule has 14 heavy (non-hydrogen) atoms. The SMILES string of the molecule is Clc1cc(-c2csc(C3CC3)n2)cs1. The summed E-state index contributed by atoms with van der Waals surface area (Å²) in [5.41, 5.74) is 2.24.